The number of carbonyl (C=O) groups is 4. The molecule has 0 bridgehead atoms. The number of carboxylic acids is 1. The van der Waals surface area contributed by atoms with Crippen molar-refractivity contribution in [3.8, 4) is 0 Å². The first-order valence-corrected chi connectivity index (χ1v) is 13.4. The number of rotatable bonds is 10. The van der Waals surface area contributed by atoms with Crippen molar-refractivity contribution in [1.82, 2.24) is 14.5 Å². The maximum absolute atomic E-state index is 13.6. The quantitative estimate of drug-likeness (QED) is 0.446. The number of benzene rings is 2. The van der Waals surface area contributed by atoms with E-state index in [1.165, 1.54) is 11.1 Å². The van der Waals surface area contributed by atoms with Gasteiger partial charge in [-0.1, -0.05) is 74.5 Å². The van der Waals surface area contributed by atoms with Crippen LogP contribution in [0.1, 0.15) is 25.0 Å². The molecule has 2 aromatic rings. The lowest BCUT2D eigenvalue weighted by molar-refractivity contribution is -0.150. The molecular formula is C26H29N3O7S. The third kappa shape index (κ3) is 6.62. The highest BCUT2D eigenvalue weighted by Gasteiger charge is 2.42. The van der Waals surface area contributed by atoms with E-state index in [2.05, 4.69) is 5.32 Å². The van der Waals surface area contributed by atoms with Crippen LogP contribution in [0, 0.1) is 5.92 Å². The van der Waals surface area contributed by atoms with Crippen LogP contribution in [0.4, 0.5) is 0 Å². The Hall–Kier alpha value is -3.99. The van der Waals surface area contributed by atoms with Crippen LogP contribution in [0.5, 0.6) is 0 Å². The molecule has 10 nitrogen and oxygen atoms in total. The Morgan fingerprint density at radius 3 is 2.08 bits per heavy atom. The first kappa shape index (κ1) is 27.6. The second kappa shape index (κ2) is 11.4. The van der Waals surface area contributed by atoms with Gasteiger partial charge in [0.1, 0.15) is 18.6 Å². The molecule has 0 fully saturated rings. The first-order chi connectivity index (χ1) is 17.4. The van der Waals surface area contributed by atoms with Gasteiger partial charge < -0.3 is 10.4 Å². The zero-order chi connectivity index (χ0) is 27.3. The average molecular weight is 528 g/mol. The molecule has 0 radical (unpaired) electrons. The molecular weight excluding hydrogens is 498 g/mol. The van der Waals surface area contributed by atoms with E-state index in [1.54, 1.807) is 74.5 Å². The highest BCUT2D eigenvalue weighted by atomic mass is 32.2. The summed E-state index contributed by atoms with van der Waals surface area (Å²) < 4.78 is 26.1. The fraction of sp³-hybridized carbons (Fsp3) is 0.308. The van der Waals surface area contributed by atoms with E-state index in [4.69, 9.17) is 0 Å². The number of carboxylic acid groups (broad SMARTS) is 1. The predicted molar refractivity (Wildman–Crippen MR) is 136 cm³/mol. The van der Waals surface area contributed by atoms with Gasteiger partial charge in [0.15, 0.2) is 0 Å². The van der Waals surface area contributed by atoms with Gasteiger partial charge in [-0.05, 0) is 17.0 Å². The highest BCUT2D eigenvalue weighted by molar-refractivity contribution is 7.88. The molecule has 37 heavy (non-hydrogen) atoms. The molecule has 0 aromatic heterocycles. The minimum absolute atomic E-state index is 0.0521. The summed E-state index contributed by atoms with van der Waals surface area (Å²) >= 11 is 0. The number of nitrogens with one attached hydrogen (secondary N) is 1. The van der Waals surface area contributed by atoms with Crippen molar-refractivity contribution >= 4 is 39.3 Å². The number of ketones is 1. The summed E-state index contributed by atoms with van der Waals surface area (Å²) in [5.74, 6) is -4.67. The van der Waals surface area contributed by atoms with Crippen LogP contribution in [0.25, 0.3) is 5.70 Å². The lowest BCUT2D eigenvalue weighted by atomic mass is 9.99. The van der Waals surface area contributed by atoms with Gasteiger partial charge >= 0.3 is 5.97 Å². The molecule has 0 saturated heterocycles. The van der Waals surface area contributed by atoms with Crippen molar-refractivity contribution in [3.05, 3.63) is 78.0 Å². The second-order valence-electron chi connectivity index (χ2n) is 9.07. The fourth-order valence-corrected chi connectivity index (χ4v) is 5.17. The molecule has 196 valence electrons. The lowest BCUT2D eigenvalue weighted by Crippen LogP contribution is -2.57. The zero-order valence-electron chi connectivity index (χ0n) is 20.7. The van der Waals surface area contributed by atoms with Gasteiger partial charge in [-0.25, -0.2) is 13.2 Å². The first-order valence-electron chi connectivity index (χ1n) is 11.6. The molecule has 0 aliphatic carbocycles. The molecule has 1 aliphatic heterocycles. The third-order valence-electron chi connectivity index (χ3n) is 5.86. The number of nitrogens with zero attached hydrogens (tertiary/aromatic N) is 2. The molecule has 2 N–H and O–H groups in total. The monoisotopic (exact) mass is 527 g/mol. The van der Waals surface area contributed by atoms with Gasteiger partial charge in [0.2, 0.25) is 15.9 Å². The van der Waals surface area contributed by atoms with E-state index in [0.29, 0.717) is 11.1 Å². The molecule has 1 unspecified atom stereocenters. The molecule has 11 heteroatoms. The topological polar surface area (TPSA) is 141 Å². The van der Waals surface area contributed by atoms with Crippen LogP contribution in [0.15, 0.2) is 66.9 Å². The van der Waals surface area contributed by atoms with Gasteiger partial charge in [0.05, 0.1) is 12.0 Å². The summed E-state index contributed by atoms with van der Waals surface area (Å²) in [5.41, 5.74) is 1.33. The summed E-state index contributed by atoms with van der Waals surface area (Å²) in [6.45, 7) is 2.85. The minimum Gasteiger partial charge on any atom is -0.475 e. The molecule has 0 spiro atoms. The maximum atomic E-state index is 13.6. The van der Waals surface area contributed by atoms with Gasteiger partial charge in [0.25, 0.3) is 11.7 Å². The number of amides is 2. The molecule has 1 heterocycles. The van der Waals surface area contributed by atoms with Crippen molar-refractivity contribution in [2.24, 2.45) is 5.92 Å². The smallest absolute Gasteiger partial charge is 0.374 e. The SMILES string of the molecule is CC(C)C1C(=O)N(CC(=O)N[C@@H](Cc2ccccc2)C(=O)C(=O)O)C(c2ccccc2)=CN1S(C)(=O)=O. The van der Waals surface area contributed by atoms with Crippen molar-refractivity contribution in [1.29, 1.82) is 0 Å². The van der Waals surface area contributed by atoms with Gasteiger partial charge in [-0.3, -0.25) is 23.6 Å². The van der Waals surface area contributed by atoms with E-state index in [9.17, 15) is 32.7 Å². The molecule has 0 saturated carbocycles. The maximum Gasteiger partial charge on any atom is 0.374 e. The summed E-state index contributed by atoms with van der Waals surface area (Å²) in [5, 5.41) is 11.7. The second-order valence-corrected chi connectivity index (χ2v) is 11.0. The van der Waals surface area contributed by atoms with E-state index in [1.807, 2.05) is 0 Å². The van der Waals surface area contributed by atoms with Crippen LogP contribution in [-0.2, 0) is 35.6 Å². The summed E-state index contributed by atoms with van der Waals surface area (Å²) in [6, 6.07) is 14.7. The number of Topliss-reactive ketones (excluding diaryl/α,β-unsaturated/α-hetero) is 1. The van der Waals surface area contributed by atoms with E-state index < -0.39 is 58.1 Å². The number of hydrogen-bond acceptors (Lipinski definition) is 6. The summed E-state index contributed by atoms with van der Waals surface area (Å²) in [7, 11) is -3.82. The standard InChI is InChI=1S/C26H29N3O7S/c1-17(2)23-25(32)28(21(15-29(23)37(3,35)36)19-12-8-5-9-13-19)16-22(30)27-20(24(31)26(33)34)14-18-10-6-4-7-11-18/h4-13,15,17,20,23H,14,16H2,1-3H3,(H,27,30)(H,33,34)/t20-,23?/m0/s1. The Labute approximate surface area is 215 Å². The Kier molecular flexibility index (Phi) is 8.49. The van der Waals surface area contributed by atoms with Crippen molar-refractivity contribution in [2.75, 3.05) is 12.8 Å². The lowest BCUT2D eigenvalue weighted by Gasteiger charge is -2.40. The van der Waals surface area contributed by atoms with Crippen LogP contribution < -0.4 is 5.32 Å². The van der Waals surface area contributed by atoms with Crippen molar-refractivity contribution in [2.45, 2.75) is 32.4 Å². The molecule has 2 atom stereocenters. The normalized spacial score (nSPS) is 16.8. The summed E-state index contributed by atoms with van der Waals surface area (Å²) in [4.78, 5) is 51.6. The Bertz CT molecular complexity index is 1310. The number of aliphatic carboxylic acids is 1. The fourth-order valence-electron chi connectivity index (χ4n) is 4.13. The number of sulfonamides is 1. The molecule has 2 aromatic carbocycles. The average Bonchev–Trinajstić information content (AvgIpc) is 2.84. The molecule has 2 amide bonds. The highest BCUT2D eigenvalue weighted by Crippen LogP contribution is 2.31. The van der Waals surface area contributed by atoms with Crippen LogP contribution in [0.3, 0.4) is 0 Å². The number of hydrogen-bond donors (Lipinski definition) is 2. The van der Waals surface area contributed by atoms with Gasteiger partial charge in [0, 0.05) is 12.6 Å². The predicted octanol–water partition coefficient (Wildman–Crippen LogP) is 1.49. The van der Waals surface area contributed by atoms with Gasteiger partial charge in [-0.15, -0.1) is 0 Å². The van der Waals surface area contributed by atoms with Crippen LogP contribution in [-0.4, -0.2) is 71.2 Å². The van der Waals surface area contributed by atoms with Gasteiger partial charge in [-0.2, -0.15) is 0 Å². The van der Waals surface area contributed by atoms with E-state index >= 15 is 0 Å². The largest absolute Gasteiger partial charge is 0.475 e. The van der Waals surface area contributed by atoms with Crippen LogP contribution in [0.2, 0.25) is 0 Å². The molecule has 1 aliphatic rings. The number of carbonyl (C=O) groups excluding carboxylic acids is 3. The Morgan fingerprint density at radius 2 is 1.57 bits per heavy atom. The van der Waals surface area contributed by atoms with Crippen LogP contribution >= 0.6 is 0 Å². The molecule has 3 rings (SSSR count). The Morgan fingerprint density at radius 1 is 1.00 bits per heavy atom. The Balaban J connectivity index is 1.96. The summed E-state index contributed by atoms with van der Waals surface area (Å²) in [6.07, 6.45) is 2.28. The van der Waals surface area contributed by atoms with Crippen molar-refractivity contribution < 1.29 is 32.7 Å². The zero-order valence-corrected chi connectivity index (χ0v) is 21.5. The van der Waals surface area contributed by atoms with Crippen molar-refractivity contribution in [3.63, 3.8) is 0 Å². The van der Waals surface area contributed by atoms with E-state index in [0.717, 1.165) is 10.6 Å². The third-order valence-corrected chi connectivity index (χ3v) is 6.96. The van der Waals surface area contributed by atoms with E-state index in [-0.39, 0.29) is 12.1 Å². The minimum atomic E-state index is -3.82.